The second-order valence-electron chi connectivity index (χ2n) is 6.50. The predicted molar refractivity (Wildman–Crippen MR) is 86.1 cm³/mol. The lowest BCUT2D eigenvalue weighted by atomic mass is 10.2. The molecule has 1 saturated heterocycles. The molecule has 0 saturated carbocycles. The number of nitrogens with zero attached hydrogens (tertiary/aromatic N) is 1. The Kier molecular flexibility index (Phi) is 7.13. The summed E-state index contributed by atoms with van der Waals surface area (Å²) in [6, 6.07) is 0.646. The summed E-state index contributed by atoms with van der Waals surface area (Å²) < 4.78 is 5.36. The molecule has 1 heterocycles. The average molecular weight is 282 g/mol. The highest BCUT2D eigenvalue weighted by Gasteiger charge is 2.34. The van der Waals surface area contributed by atoms with Gasteiger partial charge < -0.3 is 9.64 Å². The fraction of sp³-hybridized carbons (Fsp3) is 0.875. The molecule has 0 aromatic rings. The van der Waals surface area contributed by atoms with Crippen LogP contribution in [0.2, 0.25) is 18.6 Å². The van der Waals surface area contributed by atoms with E-state index >= 15 is 0 Å². The van der Waals surface area contributed by atoms with E-state index < -0.39 is 8.07 Å². The maximum atomic E-state index is 5.36. The third-order valence-electron chi connectivity index (χ3n) is 4.33. The minimum absolute atomic E-state index is 0.586. The molecule has 0 aromatic carbocycles. The molecule has 1 aliphatic rings. The highest BCUT2D eigenvalue weighted by molar-refractivity contribution is 6.79. The molecule has 1 aliphatic heterocycles. The Morgan fingerprint density at radius 3 is 2.79 bits per heavy atom. The summed E-state index contributed by atoms with van der Waals surface area (Å²) in [6.45, 7) is 11.6. The smallest absolute Gasteiger partial charge is 0.0789 e. The van der Waals surface area contributed by atoms with Crippen LogP contribution in [-0.2, 0) is 4.74 Å². The molecule has 3 heteroatoms. The Labute approximate surface area is 120 Å². The highest BCUT2D eigenvalue weighted by atomic mass is 28.3. The SMILES string of the molecule is CCCC#C[C@H](C)[Si](C)(C)CN1CCC[C@H]1COC. The van der Waals surface area contributed by atoms with Crippen molar-refractivity contribution in [2.45, 2.75) is 64.2 Å². The zero-order valence-electron chi connectivity index (χ0n) is 13.5. The first-order chi connectivity index (χ1) is 9.01. The molecule has 0 amide bonds. The van der Waals surface area contributed by atoms with Gasteiger partial charge >= 0.3 is 0 Å². The lowest BCUT2D eigenvalue weighted by Crippen LogP contribution is -2.48. The van der Waals surface area contributed by atoms with Gasteiger partial charge in [-0.1, -0.05) is 26.9 Å². The molecule has 0 unspecified atom stereocenters. The molecule has 1 rings (SSSR count). The van der Waals surface area contributed by atoms with Gasteiger partial charge in [-0.05, 0) is 32.0 Å². The Balaban J connectivity index is 2.55. The van der Waals surface area contributed by atoms with Crippen LogP contribution >= 0.6 is 0 Å². The molecule has 110 valence electrons. The van der Waals surface area contributed by atoms with E-state index in [-0.39, 0.29) is 0 Å². The summed E-state index contributed by atoms with van der Waals surface area (Å²) in [6.07, 6.45) is 6.11. The van der Waals surface area contributed by atoms with Gasteiger partial charge in [0, 0.05) is 25.1 Å². The van der Waals surface area contributed by atoms with Gasteiger partial charge in [-0.3, -0.25) is 0 Å². The normalized spacial score (nSPS) is 22.1. The summed E-state index contributed by atoms with van der Waals surface area (Å²) in [5.41, 5.74) is 0.586. The molecular weight excluding hydrogens is 250 g/mol. The fourth-order valence-corrected chi connectivity index (χ4v) is 4.92. The van der Waals surface area contributed by atoms with Crippen LogP contribution in [0.5, 0.6) is 0 Å². The zero-order valence-corrected chi connectivity index (χ0v) is 14.5. The molecule has 0 bridgehead atoms. The van der Waals surface area contributed by atoms with Crippen molar-refractivity contribution >= 4 is 8.07 Å². The first-order valence-corrected chi connectivity index (χ1v) is 11.0. The molecule has 0 aliphatic carbocycles. The van der Waals surface area contributed by atoms with Crippen LogP contribution in [0.3, 0.4) is 0 Å². The molecular formula is C16H31NOSi. The number of likely N-dealkylation sites (tertiary alicyclic amines) is 1. The topological polar surface area (TPSA) is 12.5 Å². The summed E-state index contributed by atoms with van der Waals surface area (Å²) in [5, 5.41) is 0. The highest BCUT2D eigenvalue weighted by Crippen LogP contribution is 2.26. The van der Waals surface area contributed by atoms with Gasteiger partial charge in [-0.2, -0.15) is 0 Å². The molecule has 0 radical (unpaired) electrons. The Morgan fingerprint density at radius 1 is 1.42 bits per heavy atom. The summed E-state index contributed by atoms with van der Waals surface area (Å²) in [4.78, 5) is 2.66. The van der Waals surface area contributed by atoms with Crippen LogP contribution in [0.25, 0.3) is 0 Å². The van der Waals surface area contributed by atoms with Crippen molar-refractivity contribution in [3.8, 4) is 11.8 Å². The number of ether oxygens (including phenoxy) is 1. The number of methoxy groups -OCH3 is 1. The second-order valence-corrected chi connectivity index (χ2v) is 11.7. The van der Waals surface area contributed by atoms with Crippen LogP contribution in [0.1, 0.15) is 39.5 Å². The van der Waals surface area contributed by atoms with Gasteiger partial charge in [-0.25, -0.2) is 0 Å². The summed E-state index contributed by atoms with van der Waals surface area (Å²) in [7, 11) is 0.522. The van der Waals surface area contributed by atoms with Gasteiger partial charge in [0.25, 0.3) is 0 Å². The summed E-state index contributed by atoms with van der Waals surface area (Å²) >= 11 is 0. The van der Waals surface area contributed by atoms with Crippen LogP contribution < -0.4 is 0 Å². The molecule has 19 heavy (non-hydrogen) atoms. The van der Waals surface area contributed by atoms with Gasteiger partial charge in [0.1, 0.15) is 0 Å². The molecule has 0 aromatic heterocycles. The van der Waals surface area contributed by atoms with E-state index in [1.54, 1.807) is 0 Å². The fourth-order valence-electron chi connectivity index (χ4n) is 2.69. The first kappa shape index (κ1) is 16.8. The molecule has 2 atom stereocenters. The number of hydrogen-bond donors (Lipinski definition) is 0. The molecule has 1 fully saturated rings. The van der Waals surface area contributed by atoms with E-state index in [1.807, 2.05) is 7.11 Å². The maximum Gasteiger partial charge on any atom is 0.0789 e. The van der Waals surface area contributed by atoms with Crippen LogP contribution in [-0.4, -0.2) is 45.4 Å². The first-order valence-electron chi connectivity index (χ1n) is 7.72. The third kappa shape index (κ3) is 5.29. The average Bonchev–Trinajstić information content (AvgIpc) is 2.76. The number of rotatable bonds is 6. The van der Waals surface area contributed by atoms with E-state index in [4.69, 9.17) is 4.74 Å². The minimum Gasteiger partial charge on any atom is -0.383 e. The van der Waals surface area contributed by atoms with E-state index in [0.29, 0.717) is 11.6 Å². The van der Waals surface area contributed by atoms with E-state index in [2.05, 4.69) is 43.7 Å². The lowest BCUT2D eigenvalue weighted by molar-refractivity contribution is 0.124. The van der Waals surface area contributed by atoms with Crippen LogP contribution in [0, 0.1) is 11.8 Å². The number of unbranched alkanes of at least 4 members (excludes halogenated alkanes) is 1. The van der Waals surface area contributed by atoms with Crippen molar-refractivity contribution in [1.82, 2.24) is 4.90 Å². The summed E-state index contributed by atoms with van der Waals surface area (Å²) in [5.74, 6) is 6.84. The van der Waals surface area contributed by atoms with Crippen molar-refractivity contribution in [2.24, 2.45) is 0 Å². The second kappa shape index (κ2) is 8.09. The van der Waals surface area contributed by atoms with Crippen molar-refractivity contribution in [3.05, 3.63) is 0 Å². The van der Waals surface area contributed by atoms with E-state index in [1.165, 1.54) is 32.0 Å². The van der Waals surface area contributed by atoms with Gasteiger partial charge in [0.2, 0.25) is 0 Å². The third-order valence-corrected chi connectivity index (χ3v) is 8.04. The molecule has 0 spiro atoms. The van der Waals surface area contributed by atoms with Gasteiger partial charge in [-0.15, -0.1) is 11.8 Å². The maximum absolute atomic E-state index is 5.36. The monoisotopic (exact) mass is 281 g/mol. The molecule has 2 nitrogen and oxygen atoms in total. The Morgan fingerprint density at radius 2 is 2.16 bits per heavy atom. The molecule has 0 N–H and O–H groups in total. The number of hydrogen-bond acceptors (Lipinski definition) is 2. The van der Waals surface area contributed by atoms with Gasteiger partial charge in [0.05, 0.1) is 14.7 Å². The van der Waals surface area contributed by atoms with E-state index in [0.717, 1.165) is 13.0 Å². The van der Waals surface area contributed by atoms with Crippen molar-refractivity contribution < 1.29 is 4.74 Å². The van der Waals surface area contributed by atoms with Crippen LogP contribution in [0.4, 0.5) is 0 Å². The van der Waals surface area contributed by atoms with Crippen molar-refractivity contribution in [3.63, 3.8) is 0 Å². The predicted octanol–water partition coefficient (Wildman–Crippen LogP) is 3.54. The Bertz CT molecular complexity index is 318. The van der Waals surface area contributed by atoms with Crippen molar-refractivity contribution in [2.75, 3.05) is 26.4 Å². The standard InChI is InChI=1S/C16H31NOSi/c1-6-7-8-10-15(2)19(4,5)14-17-12-9-11-16(17)13-18-3/h15-16H,6-7,9,11-14H2,1-5H3/t15-,16-/m0/s1. The largest absolute Gasteiger partial charge is 0.383 e. The minimum atomic E-state index is -1.30. The van der Waals surface area contributed by atoms with Crippen LogP contribution in [0.15, 0.2) is 0 Å². The Hall–Kier alpha value is -0.303. The quantitative estimate of drug-likeness (QED) is 0.545. The zero-order chi connectivity index (χ0) is 14.3. The van der Waals surface area contributed by atoms with Gasteiger partial charge in [0.15, 0.2) is 0 Å². The van der Waals surface area contributed by atoms with Crippen molar-refractivity contribution in [1.29, 1.82) is 0 Å². The lowest BCUT2D eigenvalue weighted by Gasteiger charge is -2.34. The van der Waals surface area contributed by atoms with E-state index in [9.17, 15) is 0 Å².